The molecular weight excluding hydrogens is 268 g/mol. The number of carbonyl (C=O) groups excluding carboxylic acids is 2. The Hall–Kier alpha value is -2.35. The average Bonchev–Trinajstić information content (AvgIpc) is 2.49. The number of ether oxygens (including phenoxy) is 1. The maximum absolute atomic E-state index is 11.8. The number of rotatable bonds is 6. The minimum Gasteiger partial charge on any atom is -0.455 e. The zero-order chi connectivity index (χ0) is 15.8. The highest BCUT2D eigenvalue weighted by atomic mass is 16.5. The molecular formula is C16H20N2O3. The first-order valence-electron chi connectivity index (χ1n) is 6.82. The molecule has 1 N–H and O–H groups in total. The fourth-order valence-electron chi connectivity index (χ4n) is 1.80. The van der Waals surface area contributed by atoms with Crippen molar-refractivity contribution in [2.75, 3.05) is 7.05 Å². The van der Waals surface area contributed by atoms with Crippen molar-refractivity contribution in [2.24, 2.45) is 5.92 Å². The van der Waals surface area contributed by atoms with Gasteiger partial charge in [0.15, 0.2) is 0 Å². The van der Waals surface area contributed by atoms with Crippen molar-refractivity contribution in [3.8, 4) is 0 Å². The highest BCUT2D eigenvalue weighted by molar-refractivity contribution is 5.93. The standard InChI is InChI=1S/C16H20N2O3/c1-11(2)9-14(17-3)16(20)21-10-12-5-7-13(8-6-12)15(19)18-4/h5-8,11,14H,9-10H2,1-2,4H3,(H,18,19). The summed E-state index contributed by atoms with van der Waals surface area (Å²) in [4.78, 5) is 26.5. The third-order valence-corrected chi connectivity index (χ3v) is 2.95. The summed E-state index contributed by atoms with van der Waals surface area (Å²) < 4.78 is 5.16. The molecule has 0 aromatic heterocycles. The molecule has 0 fully saturated rings. The van der Waals surface area contributed by atoms with E-state index in [9.17, 15) is 9.59 Å². The van der Waals surface area contributed by atoms with E-state index < -0.39 is 12.0 Å². The van der Waals surface area contributed by atoms with Gasteiger partial charge in [-0.15, -0.1) is 0 Å². The van der Waals surface area contributed by atoms with Gasteiger partial charge < -0.3 is 14.9 Å². The van der Waals surface area contributed by atoms with Crippen molar-refractivity contribution in [1.29, 1.82) is 0 Å². The summed E-state index contributed by atoms with van der Waals surface area (Å²) in [6, 6.07) is 6.06. The first-order chi connectivity index (χ1) is 9.97. The Morgan fingerprint density at radius 1 is 1.29 bits per heavy atom. The van der Waals surface area contributed by atoms with Gasteiger partial charge in [0, 0.05) is 19.0 Å². The summed E-state index contributed by atoms with van der Waals surface area (Å²) in [6.45, 7) is 11.1. The first kappa shape index (κ1) is 16.7. The number of amides is 1. The smallest absolute Gasteiger partial charge is 0.390 e. The molecule has 1 rings (SSSR count). The Morgan fingerprint density at radius 3 is 2.38 bits per heavy atom. The van der Waals surface area contributed by atoms with E-state index in [1.54, 1.807) is 31.3 Å². The number of nitrogens with one attached hydrogen (secondary N) is 1. The van der Waals surface area contributed by atoms with Crippen molar-refractivity contribution < 1.29 is 14.3 Å². The van der Waals surface area contributed by atoms with Gasteiger partial charge in [0.25, 0.3) is 5.91 Å². The van der Waals surface area contributed by atoms with Crippen LogP contribution < -0.4 is 5.32 Å². The lowest BCUT2D eigenvalue weighted by Crippen LogP contribution is -2.22. The molecule has 1 unspecified atom stereocenters. The average molecular weight is 288 g/mol. The largest absolute Gasteiger partial charge is 0.455 e. The van der Waals surface area contributed by atoms with Crippen molar-refractivity contribution >= 4 is 11.9 Å². The van der Waals surface area contributed by atoms with Gasteiger partial charge in [0.05, 0.1) is 0 Å². The topological polar surface area (TPSA) is 59.8 Å². The van der Waals surface area contributed by atoms with Gasteiger partial charge in [-0.3, -0.25) is 4.79 Å². The van der Waals surface area contributed by atoms with Crippen LogP contribution in [0.15, 0.2) is 24.3 Å². The van der Waals surface area contributed by atoms with E-state index in [-0.39, 0.29) is 18.4 Å². The van der Waals surface area contributed by atoms with Crippen LogP contribution in [0.25, 0.3) is 4.85 Å². The Kier molecular flexibility index (Phi) is 6.41. The fourth-order valence-corrected chi connectivity index (χ4v) is 1.80. The zero-order valence-corrected chi connectivity index (χ0v) is 12.6. The predicted molar refractivity (Wildman–Crippen MR) is 79.5 cm³/mol. The van der Waals surface area contributed by atoms with Crippen molar-refractivity contribution in [3.63, 3.8) is 0 Å². The molecule has 0 spiro atoms. The minimum absolute atomic E-state index is 0.108. The number of hydrogen-bond donors (Lipinski definition) is 1. The summed E-state index contributed by atoms with van der Waals surface area (Å²) in [7, 11) is 1.57. The number of esters is 1. The summed E-state index contributed by atoms with van der Waals surface area (Å²) in [5, 5.41) is 2.53. The molecule has 0 saturated heterocycles. The van der Waals surface area contributed by atoms with Crippen LogP contribution in [0, 0.1) is 12.5 Å². The van der Waals surface area contributed by atoms with Crippen LogP contribution in [0.2, 0.25) is 0 Å². The molecule has 0 heterocycles. The molecule has 1 aromatic rings. The molecule has 0 aliphatic carbocycles. The van der Waals surface area contributed by atoms with E-state index in [2.05, 4.69) is 10.2 Å². The van der Waals surface area contributed by atoms with Gasteiger partial charge in [0.1, 0.15) is 6.61 Å². The van der Waals surface area contributed by atoms with Gasteiger partial charge in [0.2, 0.25) is 0 Å². The maximum atomic E-state index is 11.8. The van der Waals surface area contributed by atoms with Gasteiger partial charge in [-0.05, 0) is 23.6 Å². The lowest BCUT2D eigenvalue weighted by atomic mass is 10.0. The SMILES string of the molecule is [C-]#[N+]C(CC(C)C)C(=O)OCc1ccc(C(=O)NC)cc1. The van der Waals surface area contributed by atoms with Crippen molar-refractivity contribution in [1.82, 2.24) is 5.32 Å². The first-order valence-corrected chi connectivity index (χ1v) is 6.82. The van der Waals surface area contributed by atoms with Crippen molar-refractivity contribution in [2.45, 2.75) is 32.9 Å². The van der Waals surface area contributed by atoms with Gasteiger partial charge in [-0.2, -0.15) is 0 Å². The number of carbonyl (C=O) groups is 2. The molecule has 0 radical (unpaired) electrons. The van der Waals surface area contributed by atoms with Crippen molar-refractivity contribution in [3.05, 3.63) is 46.8 Å². The second kappa shape index (κ2) is 8.05. The quantitative estimate of drug-likeness (QED) is 0.646. The molecule has 112 valence electrons. The van der Waals surface area contributed by atoms with E-state index in [1.165, 1.54) is 0 Å². The Labute approximate surface area is 125 Å². The summed E-state index contributed by atoms with van der Waals surface area (Å²) in [5.41, 5.74) is 1.33. The number of nitrogens with zero attached hydrogens (tertiary/aromatic N) is 1. The minimum atomic E-state index is -0.741. The Balaban J connectivity index is 2.57. The third kappa shape index (κ3) is 5.27. The normalized spacial score (nSPS) is 11.6. The molecule has 1 atom stereocenters. The Bertz CT molecular complexity index is 529. The van der Waals surface area contributed by atoms with Crippen LogP contribution in [0.1, 0.15) is 36.2 Å². The monoisotopic (exact) mass is 288 g/mol. The molecule has 0 bridgehead atoms. The zero-order valence-electron chi connectivity index (χ0n) is 12.6. The molecule has 0 aliphatic heterocycles. The number of hydrogen-bond acceptors (Lipinski definition) is 3. The van der Waals surface area contributed by atoms with E-state index in [0.29, 0.717) is 12.0 Å². The summed E-state index contributed by atoms with van der Waals surface area (Å²) in [5.74, 6) is -0.388. The van der Waals surface area contributed by atoms with Crippen LogP contribution in [0.4, 0.5) is 0 Å². The summed E-state index contributed by atoms with van der Waals surface area (Å²) >= 11 is 0. The summed E-state index contributed by atoms with van der Waals surface area (Å²) in [6.07, 6.45) is 0.498. The van der Waals surface area contributed by atoms with Crippen LogP contribution in [-0.2, 0) is 16.1 Å². The second-order valence-electron chi connectivity index (χ2n) is 5.16. The van der Waals surface area contributed by atoms with E-state index in [0.717, 1.165) is 5.56 Å². The van der Waals surface area contributed by atoms with Crippen LogP contribution in [-0.4, -0.2) is 25.0 Å². The molecule has 21 heavy (non-hydrogen) atoms. The highest BCUT2D eigenvalue weighted by Crippen LogP contribution is 2.12. The van der Waals surface area contributed by atoms with E-state index >= 15 is 0 Å². The van der Waals surface area contributed by atoms with Gasteiger partial charge >= 0.3 is 12.0 Å². The molecule has 1 amide bonds. The molecule has 0 aliphatic rings. The fraction of sp³-hybridized carbons (Fsp3) is 0.438. The third-order valence-electron chi connectivity index (χ3n) is 2.95. The molecule has 5 nitrogen and oxygen atoms in total. The van der Waals surface area contributed by atoms with Gasteiger partial charge in [-0.25, -0.2) is 11.4 Å². The number of benzene rings is 1. The van der Waals surface area contributed by atoms with E-state index in [4.69, 9.17) is 11.3 Å². The predicted octanol–water partition coefficient (Wildman–Crippen LogP) is 2.42. The molecule has 5 heteroatoms. The van der Waals surface area contributed by atoms with E-state index in [1.807, 2.05) is 13.8 Å². The lowest BCUT2D eigenvalue weighted by Gasteiger charge is -2.09. The van der Waals surface area contributed by atoms with Crippen LogP contribution in [0.3, 0.4) is 0 Å². The van der Waals surface area contributed by atoms with Crippen LogP contribution in [0.5, 0.6) is 0 Å². The molecule has 1 aromatic carbocycles. The molecule has 0 saturated carbocycles. The van der Waals surface area contributed by atoms with Gasteiger partial charge in [-0.1, -0.05) is 26.0 Å². The lowest BCUT2D eigenvalue weighted by molar-refractivity contribution is -0.145. The Morgan fingerprint density at radius 2 is 1.90 bits per heavy atom. The highest BCUT2D eigenvalue weighted by Gasteiger charge is 2.26. The van der Waals surface area contributed by atoms with Crippen LogP contribution >= 0.6 is 0 Å². The second-order valence-corrected chi connectivity index (χ2v) is 5.16. The maximum Gasteiger partial charge on any atom is 0.390 e.